The van der Waals surface area contributed by atoms with Crippen LogP contribution in [0.1, 0.15) is 52.5 Å². The number of benzene rings is 1. The third kappa shape index (κ3) is 4.73. The van der Waals surface area contributed by atoms with Crippen LogP contribution in [-0.2, 0) is 20.0 Å². The summed E-state index contributed by atoms with van der Waals surface area (Å²) < 4.78 is 7.45. The number of likely N-dealkylation sites (tertiary alicyclic amines) is 1. The van der Waals surface area contributed by atoms with Gasteiger partial charge in [0, 0.05) is 49.1 Å². The van der Waals surface area contributed by atoms with Crippen molar-refractivity contribution in [3.63, 3.8) is 0 Å². The molecule has 0 radical (unpaired) electrons. The van der Waals surface area contributed by atoms with Crippen molar-refractivity contribution < 1.29 is 4.74 Å². The van der Waals surface area contributed by atoms with Crippen LogP contribution < -0.4 is 4.74 Å². The molecule has 1 fully saturated rings. The highest BCUT2D eigenvalue weighted by Crippen LogP contribution is 2.30. The number of aryl methyl sites for hydroxylation is 3. The predicted octanol–water partition coefficient (Wildman–Crippen LogP) is 4.41. The first kappa shape index (κ1) is 20.6. The Balaban J connectivity index is 1.43. The van der Waals surface area contributed by atoms with Crippen LogP contribution in [0.25, 0.3) is 0 Å². The molecule has 1 aliphatic heterocycles. The Kier molecular flexibility index (Phi) is 6.18. The lowest BCUT2D eigenvalue weighted by molar-refractivity contribution is 0.203. The molecular formula is C25H32N4O. The fraction of sp³-hybridized carbons (Fsp3) is 0.440. The molecule has 1 saturated heterocycles. The third-order valence-electron chi connectivity index (χ3n) is 6.14. The van der Waals surface area contributed by atoms with Gasteiger partial charge in [0.2, 0.25) is 0 Å². The van der Waals surface area contributed by atoms with Gasteiger partial charge < -0.3 is 4.74 Å². The van der Waals surface area contributed by atoms with E-state index in [2.05, 4.69) is 54.3 Å². The van der Waals surface area contributed by atoms with Gasteiger partial charge in [-0.3, -0.25) is 14.6 Å². The maximum Gasteiger partial charge on any atom is 0.122 e. The number of piperidine rings is 1. The molecule has 3 aromatic rings. The van der Waals surface area contributed by atoms with Crippen LogP contribution in [0.15, 0.2) is 42.6 Å². The number of rotatable bonds is 6. The van der Waals surface area contributed by atoms with Crippen LogP contribution in [0.3, 0.4) is 0 Å². The summed E-state index contributed by atoms with van der Waals surface area (Å²) in [6, 6.07) is 12.8. The fourth-order valence-electron chi connectivity index (χ4n) is 4.58. The number of hydrogen-bond donors (Lipinski definition) is 0. The van der Waals surface area contributed by atoms with Crippen molar-refractivity contribution in [2.75, 3.05) is 20.2 Å². The molecule has 0 unspecified atom stereocenters. The number of ether oxygens (including phenoxy) is 1. The minimum atomic E-state index is 0.535. The predicted molar refractivity (Wildman–Crippen MR) is 120 cm³/mol. The first-order chi connectivity index (χ1) is 14.5. The van der Waals surface area contributed by atoms with Crippen LogP contribution in [0, 0.1) is 13.8 Å². The van der Waals surface area contributed by atoms with Crippen LogP contribution in [-0.4, -0.2) is 39.9 Å². The fourth-order valence-corrected chi connectivity index (χ4v) is 4.58. The van der Waals surface area contributed by atoms with E-state index in [0.29, 0.717) is 5.92 Å². The van der Waals surface area contributed by atoms with E-state index in [0.717, 1.165) is 56.0 Å². The van der Waals surface area contributed by atoms with Gasteiger partial charge in [0.05, 0.1) is 12.8 Å². The number of para-hydroxylation sites is 1. The summed E-state index contributed by atoms with van der Waals surface area (Å²) in [4.78, 5) is 7.45. The number of aromatic nitrogens is 3. The Morgan fingerprint density at radius 1 is 1.07 bits per heavy atom. The van der Waals surface area contributed by atoms with E-state index < -0.39 is 0 Å². The summed E-state index contributed by atoms with van der Waals surface area (Å²) in [7, 11) is 3.73. The van der Waals surface area contributed by atoms with Gasteiger partial charge in [-0.05, 0) is 69.1 Å². The molecule has 1 aromatic carbocycles. The number of pyridine rings is 1. The average molecular weight is 405 g/mol. The summed E-state index contributed by atoms with van der Waals surface area (Å²) in [5, 5.41) is 4.48. The van der Waals surface area contributed by atoms with Gasteiger partial charge in [-0.25, -0.2) is 0 Å². The van der Waals surface area contributed by atoms with Crippen molar-refractivity contribution in [2.24, 2.45) is 7.05 Å². The lowest BCUT2D eigenvalue weighted by Gasteiger charge is -2.31. The Morgan fingerprint density at radius 2 is 1.83 bits per heavy atom. The Labute approximate surface area is 179 Å². The molecule has 0 amide bonds. The molecule has 5 heteroatoms. The molecule has 0 N–H and O–H groups in total. The molecular weight excluding hydrogens is 372 g/mol. The standard InChI is InChI=1S/C25H32N4O/c1-18-13-20(14-22-7-5-6-8-25(22)30-4)15-24(26-18)21-9-11-29(12-10-21)17-23-16-28(3)27-19(23)2/h5-8,13,15-16,21H,9-12,14,17H2,1-4H3. The van der Waals surface area contributed by atoms with E-state index in [9.17, 15) is 0 Å². The van der Waals surface area contributed by atoms with Crippen molar-refractivity contribution in [2.45, 2.75) is 45.6 Å². The van der Waals surface area contributed by atoms with E-state index in [1.54, 1.807) is 7.11 Å². The molecule has 4 rings (SSSR count). The van der Waals surface area contributed by atoms with Gasteiger partial charge in [-0.15, -0.1) is 0 Å². The summed E-state index contributed by atoms with van der Waals surface area (Å²) in [6.07, 6.45) is 5.33. The maximum absolute atomic E-state index is 5.54. The number of methoxy groups -OCH3 is 1. The molecule has 0 atom stereocenters. The minimum Gasteiger partial charge on any atom is -0.496 e. The molecule has 0 bridgehead atoms. The molecule has 0 aliphatic carbocycles. The Morgan fingerprint density at radius 3 is 2.53 bits per heavy atom. The van der Waals surface area contributed by atoms with Crippen LogP contribution in [0.4, 0.5) is 0 Å². The van der Waals surface area contributed by atoms with Crippen molar-refractivity contribution in [3.05, 3.63) is 76.4 Å². The second-order valence-corrected chi connectivity index (χ2v) is 8.49. The van der Waals surface area contributed by atoms with Gasteiger partial charge in [0.15, 0.2) is 0 Å². The highest BCUT2D eigenvalue weighted by atomic mass is 16.5. The van der Waals surface area contributed by atoms with Gasteiger partial charge in [0.1, 0.15) is 5.75 Å². The lowest BCUT2D eigenvalue weighted by atomic mass is 9.91. The maximum atomic E-state index is 5.54. The third-order valence-corrected chi connectivity index (χ3v) is 6.14. The van der Waals surface area contributed by atoms with E-state index in [-0.39, 0.29) is 0 Å². The molecule has 158 valence electrons. The minimum absolute atomic E-state index is 0.535. The summed E-state index contributed by atoms with van der Waals surface area (Å²) >= 11 is 0. The molecule has 2 aromatic heterocycles. The van der Waals surface area contributed by atoms with E-state index in [1.807, 2.05) is 23.9 Å². The van der Waals surface area contributed by atoms with Gasteiger partial charge in [-0.1, -0.05) is 18.2 Å². The second-order valence-electron chi connectivity index (χ2n) is 8.49. The van der Waals surface area contributed by atoms with E-state index >= 15 is 0 Å². The van der Waals surface area contributed by atoms with Crippen molar-refractivity contribution in [1.82, 2.24) is 19.7 Å². The topological polar surface area (TPSA) is 43.2 Å². The Hall–Kier alpha value is -2.66. The summed E-state index contributed by atoms with van der Waals surface area (Å²) in [6.45, 7) is 7.41. The Bertz CT molecular complexity index is 1000. The molecule has 30 heavy (non-hydrogen) atoms. The first-order valence-corrected chi connectivity index (χ1v) is 10.8. The second kappa shape index (κ2) is 9.00. The average Bonchev–Trinajstić information content (AvgIpc) is 3.05. The normalized spacial score (nSPS) is 15.5. The molecule has 1 aliphatic rings. The quantitative estimate of drug-likeness (QED) is 0.610. The van der Waals surface area contributed by atoms with Crippen LogP contribution in [0.5, 0.6) is 5.75 Å². The zero-order valence-corrected chi connectivity index (χ0v) is 18.6. The SMILES string of the molecule is COc1ccccc1Cc1cc(C)nc(C2CCN(Cc3cn(C)nc3C)CC2)c1. The number of hydrogen-bond acceptors (Lipinski definition) is 4. The van der Waals surface area contributed by atoms with Gasteiger partial charge in [0.25, 0.3) is 0 Å². The van der Waals surface area contributed by atoms with Crippen molar-refractivity contribution >= 4 is 0 Å². The van der Waals surface area contributed by atoms with Crippen LogP contribution >= 0.6 is 0 Å². The largest absolute Gasteiger partial charge is 0.496 e. The van der Waals surface area contributed by atoms with E-state index in [4.69, 9.17) is 9.72 Å². The highest BCUT2D eigenvalue weighted by Gasteiger charge is 2.23. The zero-order valence-electron chi connectivity index (χ0n) is 18.6. The summed E-state index contributed by atoms with van der Waals surface area (Å²) in [5.74, 6) is 1.49. The molecule has 0 spiro atoms. The summed E-state index contributed by atoms with van der Waals surface area (Å²) in [5.41, 5.74) is 7.36. The van der Waals surface area contributed by atoms with Crippen molar-refractivity contribution in [1.29, 1.82) is 0 Å². The lowest BCUT2D eigenvalue weighted by Crippen LogP contribution is -2.32. The van der Waals surface area contributed by atoms with Crippen molar-refractivity contribution in [3.8, 4) is 5.75 Å². The van der Waals surface area contributed by atoms with Crippen LogP contribution in [0.2, 0.25) is 0 Å². The zero-order chi connectivity index (χ0) is 21.1. The first-order valence-electron chi connectivity index (χ1n) is 10.8. The number of nitrogens with zero attached hydrogens (tertiary/aromatic N) is 4. The smallest absolute Gasteiger partial charge is 0.122 e. The van der Waals surface area contributed by atoms with Gasteiger partial charge in [-0.2, -0.15) is 5.10 Å². The monoisotopic (exact) mass is 404 g/mol. The molecule has 0 saturated carbocycles. The van der Waals surface area contributed by atoms with Gasteiger partial charge >= 0.3 is 0 Å². The van der Waals surface area contributed by atoms with E-state index in [1.165, 1.54) is 22.4 Å². The molecule has 5 nitrogen and oxygen atoms in total. The highest BCUT2D eigenvalue weighted by molar-refractivity contribution is 5.38. The molecule has 3 heterocycles.